The predicted octanol–water partition coefficient (Wildman–Crippen LogP) is 0.493. The van der Waals surface area contributed by atoms with E-state index < -0.39 is 0 Å². The van der Waals surface area contributed by atoms with Gasteiger partial charge in [0.05, 0.1) is 6.10 Å². The molecule has 1 rings (SSSR count). The number of nitrogens with two attached hydrogens (primary N) is 1. The minimum Gasteiger partial charge on any atom is -0.393 e. The van der Waals surface area contributed by atoms with Gasteiger partial charge in [0.2, 0.25) is 0 Å². The zero-order chi connectivity index (χ0) is 12.0. The Balaban J connectivity index is 2.35. The second-order valence-electron chi connectivity index (χ2n) is 3.44. The third-order valence-electron chi connectivity index (χ3n) is 2.19. The Labute approximate surface area is 98.7 Å². The van der Waals surface area contributed by atoms with Crippen LogP contribution in [-0.4, -0.2) is 28.6 Å². The first-order chi connectivity index (χ1) is 7.67. The molecule has 0 radical (unpaired) electrons. The zero-order valence-electron chi connectivity index (χ0n) is 9.27. The van der Waals surface area contributed by atoms with Crippen LogP contribution in [0.25, 0.3) is 0 Å². The smallest absolute Gasteiger partial charge is 0.270 e. The number of aromatic nitrogens is 1. The molecule has 1 heterocycles. The van der Waals surface area contributed by atoms with E-state index in [9.17, 15) is 9.90 Å². The van der Waals surface area contributed by atoms with E-state index in [-0.39, 0.29) is 12.0 Å². The van der Waals surface area contributed by atoms with Crippen molar-refractivity contribution in [3.05, 3.63) is 16.1 Å². The monoisotopic (exact) mass is 243 g/mol. The van der Waals surface area contributed by atoms with Gasteiger partial charge in [0, 0.05) is 18.5 Å². The van der Waals surface area contributed by atoms with E-state index in [2.05, 4.69) is 10.3 Å². The van der Waals surface area contributed by atoms with Crippen molar-refractivity contribution >= 4 is 17.2 Å². The number of rotatable bonds is 6. The number of nitrogens with one attached hydrogen (secondary N) is 1. The maximum Gasteiger partial charge on any atom is 0.270 e. The van der Waals surface area contributed by atoms with E-state index >= 15 is 0 Å². The Morgan fingerprint density at radius 1 is 1.75 bits per heavy atom. The molecule has 1 unspecified atom stereocenters. The molecular weight excluding hydrogens is 226 g/mol. The van der Waals surface area contributed by atoms with E-state index in [0.717, 1.165) is 5.01 Å². The molecule has 4 N–H and O–H groups in total. The lowest BCUT2D eigenvalue weighted by Gasteiger charge is -2.07. The Morgan fingerprint density at radius 3 is 3.06 bits per heavy atom. The molecule has 0 aliphatic carbocycles. The first kappa shape index (κ1) is 13.1. The highest BCUT2D eigenvalue weighted by molar-refractivity contribution is 7.09. The maximum absolute atomic E-state index is 11.6. The highest BCUT2D eigenvalue weighted by Gasteiger charge is 2.10. The van der Waals surface area contributed by atoms with E-state index in [1.807, 2.05) is 6.92 Å². The average Bonchev–Trinajstić information content (AvgIpc) is 2.77. The third kappa shape index (κ3) is 3.88. The SMILES string of the molecule is CCC(O)CCNC(=O)c1csc(CN)n1. The number of aliphatic hydroxyl groups is 1. The van der Waals surface area contributed by atoms with Gasteiger partial charge in [0.1, 0.15) is 10.7 Å². The molecule has 0 aliphatic heterocycles. The Hall–Kier alpha value is -0.980. The molecule has 90 valence electrons. The molecule has 0 saturated carbocycles. The van der Waals surface area contributed by atoms with Gasteiger partial charge in [-0.05, 0) is 12.8 Å². The standard InChI is InChI=1S/C10H17N3O2S/c1-2-7(14)3-4-12-10(15)8-6-16-9(5-11)13-8/h6-7,14H,2-5,11H2,1H3,(H,12,15). The van der Waals surface area contributed by atoms with Crippen LogP contribution in [0.4, 0.5) is 0 Å². The van der Waals surface area contributed by atoms with Gasteiger partial charge in [-0.15, -0.1) is 11.3 Å². The van der Waals surface area contributed by atoms with Crippen LogP contribution >= 0.6 is 11.3 Å². The van der Waals surface area contributed by atoms with Gasteiger partial charge in [-0.3, -0.25) is 4.79 Å². The summed E-state index contributed by atoms with van der Waals surface area (Å²) in [6.07, 6.45) is 0.912. The van der Waals surface area contributed by atoms with Crippen LogP contribution in [-0.2, 0) is 6.54 Å². The number of aliphatic hydroxyl groups excluding tert-OH is 1. The first-order valence-electron chi connectivity index (χ1n) is 5.28. The summed E-state index contributed by atoms with van der Waals surface area (Å²) in [6.45, 7) is 2.72. The molecular formula is C10H17N3O2S. The summed E-state index contributed by atoms with van der Waals surface area (Å²) in [5.41, 5.74) is 5.80. The lowest BCUT2D eigenvalue weighted by molar-refractivity contribution is 0.0937. The molecule has 5 nitrogen and oxygen atoms in total. The van der Waals surface area contributed by atoms with Gasteiger partial charge >= 0.3 is 0 Å². The number of carbonyl (C=O) groups excluding carboxylic acids is 1. The van der Waals surface area contributed by atoms with Gasteiger partial charge in [-0.2, -0.15) is 0 Å². The number of thiazole rings is 1. The van der Waals surface area contributed by atoms with Crippen LogP contribution < -0.4 is 11.1 Å². The molecule has 1 aromatic heterocycles. The zero-order valence-corrected chi connectivity index (χ0v) is 10.1. The quantitative estimate of drug-likeness (QED) is 0.678. The fourth-order valence-corrected chi connectivity index (χ4v) is 1.81. The Bertz CT molecular complexity index is 341. The lowest BCUT2D eigenvalue weighted by atomic mass is 10.2. The molecule has 0 spiro atoms. The Kier molecular flexibility index (Phi) is 5.37. The number of hydrogen-bond acceptors (Lipinski definition) is 5. The number of carbonyl (C=O) groups is 1. The van der Waals surface area contributed by atoms with Crippen LogP contribution in [0.2, 0.25) is 0 Å². The minimum absolute atomic E-state index is 0.209. The molecule has 6 heteroatoms. The Morgan fingerprint density at radius 2 is 2.50 bits per heavy atom. The van der Waals surface area contributed by atoms with E-state index in [4.69, 9.17) is 5.73 Å². The molecule has 0 bridgehead atoms. The molecule has 0 saturated heterocycles. The third-order valence-corrected chi connectivity index (χ3v) is 3.06. The van der Waals surface area contributed by atoms with Crippen molar-refractivity contribution in [1.29, 1.82) is 0 Å². The molecule has 1 aromatic rings. The summed E-state index contributed by atoms with van der Waals surface area (Å²) >= 11 is 1.38. The van der Waals surface area contributed by atoms with E-state index in [1.165, 1.54) is 11.3 Å². The molecule has 0 fully saturated rings. The van der Waals surface area contributed by atoms with Crippen molar-refractivity contribution in [2.45, 2.75) is 32.4 Å². The van der Waals surface area contributed by atoms with Crippen LogP contribution in [0.1, 0.15) is 35.3 Å². The summed E-state index contributed by atoms with van der Waals surface area (Å²) in [4.78, 5) is 15.6. The van der Waals surface area contributed by atoms with Crippen molar-refractivity contribution in [2.75, 3.05) is 6.54 Å². The largest absolute Gasteiger partial charge is 0.393 e. The molecule has 0 aromatic carbocycles. The van der Waals surface area contributed by atoms with Gasteiger partial charge in [-0.1, -0.05) is 6.92 Å². The summed E-state index contributed by atoms with van der Waals surface area (Å²) in [6, 6.07) is 0. The topological polar surface area (TPSA) is 88.2 Å². The summed E-state index contributed by atoms with van der Waals surface area (Å²) < 4.78 is 0. The van der Waals surface area contributed by atoms with Crippen LogP contribution in [0.5, 0.6) is 0 Å². The fraction of sp³-hybridized carbons (Fsp3) is 0.600. The van der Waals surface area contributed by atoms with Gasteiger partial charge in [0.15, 0.2) is 0 Å². The van der Waals surface area contributed by atoms with Crippen molar-refractivity contribution in [3.63, 3.8) is 0 Å². The highest BCUT2D eigenvalue weighted by atomic mass is 32.1. The van der Waals surface area contributed by atoms with Crippen LogP contribution in [0, 0.1) is 0 Å². The van der Waals surface area contributed by atoms with E-state index in [0.29, 0.717) is 31.6 Å². The number of hydrogen-bond donors (Lipinski definition) is 3. The van der Waals surface area contributed by atoms with Crippen molar-refractivity contribution in [1.82, 2.24) is 10.3 Å². The van der Waals surface area contributed by atoms with Gasteiger partial charge in [-0.25, -0.2) is 4.98 Å². The van der Waals surface area contributed by atoms with Crippen molar-refractivity contribution in [2.24, 2.45) is 5.73 Å². The summed E-state index contributed by atoms with van der Waals surface area (Å²) in [7, 11) is 0. The average molecular weight is 243 g/mol. The van der Waals surface area contributed by atoms with Crippen LogP contribution in [0.3, 0.4) is 0 Å². The van der Waals surface area contributed by atoms with E-state index in [1.54, 1.807) is 5.38 Å². The summed E-state index contributed by atoms with van der Waals surface area (Å²) in [5, 5.41) is 14.4. The van der Waals surface area contributed by atoms with Crippen molar-refractivity contribution < 1.29 is 9.90 Å². The molecule has 1 atom stereocenters. The maximum atomic E-state index is 11.6. The van der Waals surface area contributed by atoms with Gasteiger partial charge < -0.3 is 16.2 Å². The highest BCUT2D eigenvalue weighted by Crippen LogP contribution is 2.08. The first-order valence-corrected chi connectivity index (χ1v) is 6.16. The lowest BCUT2D eigenvalue weighted by Crippen LogP contribution is -2.27. The summed E-state index contributed by atoms with van der Waals surface area (Å²) in [5.74, 6) is -0.209. The second-order valence-corrected chi connectivity index (χ2v) is 4.38. The van der Waals surface area contributed by atoms with Crippen molar-refractivity contribution in [3.8, 4) is 0 Å². The van der Waals surface area contributed by atoms with Crippen LogP contribution in [0.15, 0.2) is 5.38 Å². The minimum atomic E-state index is -0.352. The fourth-order valence-electron chi connectivity index (χ4n) is 1.16. The second kappa shape index (κ2) is 6.57. The molecule has 1 amide bonds. The number of amides is 1. The molecule has 16 heavy (non-hydrogen) atoms. The predicted molar refractivity (Wildman–Crippen MR) is 63.3 cm³/mol. The number of nitrogens with zero attached hydrogens (tertiary/aromatic N) is 1. The molecule has 0 aliphatic rings. The van der Waals surface area contributed by atoms with Gasteiger partial charge in [0.25, 0.3) is 5.91 Å². The normalized spacial score (nSPS) is 12.4.